The minimum Gasteiger partial charge on any atom is -0.481 e. The highest BCUT2D eigenvalue weighted by Crippen LogP contribution is 2.33. The molecule has 5 nitrogen and oxygen atoms in total. The first-order chi connectivity index (χ1) is 8.59. The minimum absolute atomic E-state index is 0.0415. The molecule has 1 heterocycles. The molecule has 1 aromatic rings. The zero-order valence-corrected chi connectivity index (χ0v) is 10.9. The first-order valence-electron chi connectivity index (χ1n) is 5.97. The topological polar surface area (TPSA) is 78.9 Å². The van der Waals surface area contributed by atoms with Crippen molar-refractivity contribution in [3.05, 3.63) is 24.3 Å². The van der Waals surface area contributed by atoms with E-state index in [-0.39, 0.29) is 12.5 Å². The first-order valence-corrected chi connectivity index (χ1v) is 5.97. The normalized spacial score (nSPS) is 17.2. The second-order valence-electron chi connectivity index (χ2n) is 3.75. The van der Waals surface area contributed by atoms with Crippen LogP contribution < -0.4 is 10.6 Å². The number of aliphatic carboxylic acids is 1. The molecule has 98 valence electrons. The molecule has 1 aromatic carbocycles. The van der Waals surface area contributed by atoms with Crippen molar-refractivity contribution in [2.24, 2.45) is 10.7 Å². The third-order valence-corrected chi connectivity index (χ3v) is 2.69. The summed E-state index contributed by atoms with van der Waals surface area (Å²) in [4.78, 5) is 16.8. The van der Waals surface area contributed by atoms with Crippen LogP contribution in [-0.2, 0) is 4.79 Å². The van der Waals surface area contributed by atoms with Crippen molar-refractivity contribution in [2.45, 2.75) is 26.3 Å². The fourth-order valence-electron chi connectivity index (χ4n) is 1.84. The molecule has 5 heteroatoms. The van der Waals surface area contributed by atoms with E-state index in [2.05, 4.69) is 4.99 Å². The highest BCUT2D eigenvalue weighted by atomic mass is 16.4. The number of carboxylic acids is 1. The fraction of sp³-hybridized carbons (Fsp3) is 0.385. The van der Waals surface area contributed by atoms with E-state index in [1.807, 2.05) is 50.1 Å². The van der Waals surface area contributed by atoms with Gasteiger partial charge in [-0.2, -0.15) is 0 Å². The number of rotatable bonds is 2. The summed E-state index contributed by atoms with van der Waals surface area (Å²) in [5, 5.41) is 8.81. The smallest absolute Gasteiger partial charge is 0.305 e. The predicted molar refractivity (Wildman–Crippen MR) is 73.5 cm³/mol. The molecule has 0 fully saturated rings. The zero-order valence-electron chi connectivity index (χ0n) is 10.9. The van der Waals surface area contributed by atoms with Gasteiger partial charge in [-0.15, -0.1) is 0 Å². The Hall–Kier alpha value is -2.04. The van der Waals surface area contributed by atoms with E-state index in [9.17, 15) is 4.79 Å². The summed E-state index contributed by atoms with van der Waals surface area (Å²) in [7, 11) is 1.83. The lowest BCUT2D eigenvalue weighted by Crippen LogP contribution is -2.46. The van der Waals surface area contributed by atoms with Crippen molar-refractivity contribution >= 4 is 23.2 Å². The Kier molecular flexibility index (Phi) is 4.71. The molecule has 0 amide bonds. The monoisotopic (exact) mass is 249 g/mol. The zero-order chi connectivity index (χ0) is 13.7. The fourth-order valence-corrected chi connectivity index (χ4v) is 1.84. The molecule has 0 spiro atoms. The molecule has 1 aliphatic heterocycles. The molecule has 0 radical (unpaired) electrons. The van der Waals surface area contributed by atoms with Crippen molar-refractivity contribution in [1.82, 2.24) is 0 Å². The van der Waals surface area contributed by atoms with Gasteiger partial charge in [0.15, 0.2) is 0 Å². The van der Waals surface area contributed by atoms with E-state index in [4.69, 9.17) is 10.8 Å². The van der Waals surface area contributed by atoms with Crippen LogP contribution in [0.2, 0.25) is 0 Å². The number of carbonyl (C=O) groups is 1. The number of aliphatic imine (C=N–C) groups is 1. The van der Waals surface area contributed by atoms with Gasteiger partial charge in [-0.3, -0.25) is 4.79 Å². The first kappa shape index (κ1) is 14.0. The SMILES string of the molecule is CC.CN1c2ccccc2N=C(N)C1CC(=O)O. The van der Waals surface area contributed by atoms with E-state index >= 15 is 0 Å². The molecule has 0 saturated carbocycles. The van der Waals surface area contributed by atoms with E-state index < -0.39 is 5.97 Å². The van der Waals surface area contributed by atoms with Gasteiger partial charge >= 0.3 is 5.97 Å². The number of fused-ring (bicyclic) bond motifs is 1. The van der Waals surface area contributed by atoms with Crippen LogP contribution >= 0.6 is 0 Å². The van der Waals surface area contributed by atoms with Gasteiger partial charge < -0.3 is 15.7 Å². The van der Waals surface area contributed by atoms with Crippen molar-refractivity contribution < 1.29 is 9.90 Å². The van der Waals surface area contributed by atoms with Gasteiger partial charge in [0.2, 0.25) is 0 Å². The maximum absolute atomic E-state index is 10.7. The van der Waals surface area contributed by atoms with Gasteiger partial charge in [0, 0.05) is 7.05 Å². The largest absolute Gasteiger partial charge is 0.481 e. The summed E-state index contributed by atoms with van der Waals surface area (Å²) < 4.78 is 0. The Bertz CT molecular complexity index is 457. The van der Waals surface area contributed by atoms with Crippen LogP contribution in [0.1, 0.15) is 20.3 Å². The maximum atomic E-state index is 10.7. The highest BCUT2D eigenvalue weighted by Gasteiger charge is 2.27. The van der Waals surface area contributed by atoms with Crippen LogP contribution in [0, 0.1) is 0 Å². The van der Waals surface area contributed by atoms with Crippen LogP contribution in [0.4, 0.5) is 11.4 Å². The van der Waals surface area contributed by atoms with E-state index in [1.54, 1.807) is 0 Å². The highest BCUT2D eigenvalue weighted by molar-refractivity contribution is 5.98. The standard InChI is InChI=1S/C11H13N3O2.C2H6/c1-14-8-5-3-2-4-7(8)13-11(12)9(14)6-10(15)16;1-2/h2-5,9H,6H2,1H3,(H2,12,13)(H,15,16);1-2H3. The molecule has 1 atom stereocenters. The van der Waals surface area contributed by atoms with Crippen molar-refractivity contribution in [3.8, 4) is 0 Å². The maximum Gasteiger partial charge on any atom is 0.305 e. The number of nitrogens with zero attached hydrogens (tertiary/aromatic N) is 2. The molecule has 0 aliphatic carbocycles. The van der Waals surface area contributed by atoms with Gasteiger partial charge in [0.1, 0.15) is 5.84 Å². The Morgan fingerprint density at radius 1 is 1.44 bits per heavy atom. The Labute approximate surface area is 107 Å². The quantitative estimate of drug-likeness (QED) is 0.840. The lowest BCUT2D eigenvalue weighted by molar-refractivity contribution is -0.137. The number of carboxylic acid groups (broad SMARTS) is 1. The van der Waals surface area contributed by atoms with Gasteiger partial charge in [-0.1, -0.05) is 26.0 Å². The third-order valence-electron chi connectivity index (χ3n) is 2.69. The van der Waals surface area contributed by atoms with Gasteiger partial charge in [-0.05, 0) is 12.1 Å². The average molecular weight is 249 g/mol. The summed E-state index contributed by atoms with van der Waals surface area (Å²) in [6.07, 6.45) is -0.0415. The Morgan fingerprint density at radius 2 is 2.06 bits per heavy atom. The molecular weight excluding hydrogens is 230 g/mol. The molecule has 3 N–H and O–H groups in total. The molecule has 1 aliphatic rings. The van der Waals surface area contributed by atoms with Crippen molar-refractivity contribution in [2.75, 3.05) is 11.9 Å². The predicted octanol–water partition coefficient (Wildman–Crippen LogP) is 1.99. The number of amidine groups is 1. The van der Waals surface area contributed by atoms with Gasteiger partial charge in [-0.25, -0.2) is 4.99 Å². The van der Waals surface area contributed by atoms with E-state index in [0.29, 0.717) is 5.84 Å². The molecule has 0 bridgehead atoms. The Balaban J connectivity index is 0.000000771. The molecule has 18 heavy (non-hydrogen) atoms. The van der Waals surface area contributed by atoms with Crippen LogP contribution in [0.25, 0.3) is 0 Å². The third kappa shape index (κ3) is 2.80. The van der Waals surface area contributed by atoms with E-state index in [0.717, 1.165) is 11.4 Å². The minimum atomic E-state index is -0.880. The lowest BCUT2D eigenvalue weighted by Gasteiger charge is -2.32. The van der Waals surface area contributed by atoms with E-state index in [1.165, 1.54) is 0 Å². The summed E-state index contributed by atoms with van der Waals surface area (Å²) in [5.74, 6) is -0.530. The lowest BCUT2D eigenvalue weighted by atomic mass is 10.1. The summed E-state index contributed by atoms with van der Waals surface area (Å²) in [6, 6.07) is 7.16. The van der Waals surface area contributed by atoms with Gasteiger partial charge in [0.25, 0.3) is 0 Å². The second kappa shape index (κ2) is 6.05. The number of anilines is 1. The second-order valence-corrected chi connectivity index (χ2v) is 3.75. The number of para-hydroxylation sites is 2. The molecule has 0 aromatic heterocycles. The summed E-state index contributed by atoms with van der Waals surface area (Å²) in [5.41, 5.74) is 7.46. The number of hydrogen-bond acceptors (Lipinski definition) is 4. The number of benzene rings is 1. The van der Waals surface area contributed by atoms with Crippen LogP contribution in [0.15, 0.2) is 29.3 Å². The molecular formula is C13H19N3O2. The number of nitrogens with two attached hydrogens (primary N) is 1. The van der Waals surface area contributed by atoms with Crippen LogP contribution in [0.5, 0.6) is 0 Å². The molecule has 2 rings (SSSR count). The summed E-state index contributed by atoms with van der Waals surface area (Å²) in [6.45, 7) is 4.00. The van der Waals surface area contributed by atoms with Crippen LogP contribution in [0.3, 0.4) is 0 Å². The summed E-state index contributed by atoms with van der Waals surface area (Å²) >= 11 is 0. The number of likely N-dealkylation sites (N-methyl/N-ethyl adjacent to an activating group) is 1. The van der Waals surface area contributed by atoms with Crippen LogP contribution in [-0.4, -0.2) is 30.0 Å². The molecule has 1 unspecified atom stereocenters. The average Bonchev–Trinajstić information content (AvgIpc) is 2.37. The van der Waals surface area contributed by atoms with Crippen molar-refractivity contribution in [1.29, 1.82) is 0 Å². The van der Waals surface area contributed by atoms with Gasteiger partial charge in [0.05, 0.1) is 23.8 Å². The molecule has 0 saturated heterocycles. The number of hydrogen-bond donors (Lipinski definition) is 2. The Morgan fingerprint density at radius 3 is 2.67 bits per heavy atom. The van der Waals surface area contributed by atoms with Crippen molar-refractivity contribution in [3.63, 3.8) is 0 Å².